The summed E-state index contributed by atoms with van der Waals surface area (Å²) in [6, 6.07) is 4.36. The predicted octanol–water partition coefficient (Wildman–Crippen LogP) is 5.66. The molecule has 2 aromatic rings. The first-order valence-corrected chi connectivity index (χ1v) is 16.4. The van der Waals surface area contributed by atoms with Gasteiger partial charge in [0.1, 0.15) is 12.5 Å². The molecule has 2 saturated carbocycles. The molecular formula is C26H39ClFN5O2Si. The Hall–Kier alpha value is -2.23. The quantitative estimate of drug-likeness (QED) is 0.167. The molecule has 0 unspecified atom stereocenters. The molecule has 2 aliphatic carbocycles. The Bertz CT molecular complexity index is 1120. The van der Waals surface area contributed by atoms with Crippen LogP contribution < -0.4 is 11.1 Å². The van der Waals surface area contributed by atoms with E-state index in [1.54, 1.807) is 12.1 Å². The number of carbonyl (C=O) groups excluding carboxylic acids is 1. The van der Waals surface area contributed by atoms with Crippen LogP contribution in [0, 0.1) is 24.7 Å². The second-order valence-electron chi connectivity index (χ2n) is 11.0. The second-order valence-corrected chi connectivity index (χ2v) is 16.6. The van der Waals surface area contributed by atoms with Crippen LogP contribution in [-0.2, 0) is 22.7 Å². The molecule has 36 heavy (non-hydrogen) atoms. The molecule has 0 radical (unpaired) electrons. The number of ether oxygens (including phenoxy) is 1. The normalized spacial score (nSPS) is 15.4. The zero-order chi connectivity index (χ0) is 25.3. The minimum Gasteiger partial charge on any atom is -0.394 e. The maximum absolute atomic E-state index is 15.2. The van der Waals surface area contributed by atoms with Crippen molar-refractivity contribution in [3.63, 3.8) is 0 Å². The molecule has 2 fully saturated rings. The highest BCUT2D eigenvalue weighted by Crippen LogP contribution is 2.49. The van der Waals surface area contributed by atoms with Crippen LogP contribution in [0.3, 0.4) is 0 Å². The number of nitrogens with one attached hydrogen (secondary N) is 1. The minimum atomic E-state index is -1.17. The summed E-state index contributed by atoms with van der Waals surface area (Å²) in [6.45, 7) is 11.9. The third-order valence-corrected chi connectivity index (χ3v) is 8.43. The van der Waals surface area contributed by atoms with Gasteiger partial charge in [0, 0.05) is 31.5 Å². The van der Waals surface area contributed by atoms with Gasteiger partial charge in [-0.25, -0.2) is 9.67 Å². The van der Waals surface area contributed by atoms with Gasteiger partial charge in [-0.2, -0.15) is 9.49 Å². The summed E-state index contributed by atoms with van der Waals surface area (Å²) < 4.78 is 22.9. The number of hydrogen-bond acceptors (Lipinski definition) is 5. The average Bonchev–Trinajstić information content (AvgIpc) is 3.71. The molecule has 0 atom stereocenters. The van der Waals surface area contributed by atoms with Crippen molar-refractivity contribution in [1.29, 1.82) is 0 Å². The van der Waals surface area contributed by atoms with Crippen molar-refractivity contribution in [3.8, 4) is 11.1 Å². The van der Waals surface area contributed by atoms with Crippen LogP contribution in [0.2, 0.25) is 25.7 Å². The van der Waals surface area contributed by atoms with Crippen LogP contribution in [0.15, 0.2) is 23.4 Å². The van der Waals surface area contributed by atoms with Crippen LogP contribution in [0.5, 0.6) is 0 Å². The lowest BCUT2D eigenvalue weighted by molar-refractivity contribution is -0.113. The number of aryl methyl sites for hydroxylation is 1. The van der Waals surface area contributed by atoms with E-state index in [0.29, 0.717) is 37.2 Å². The Labute approximate surface area is 220 Å². The van der Waals surface area contributed by atoms with Gasteiger partial charge in [-0.1, -0.05) is 26.6 Å². The summed E-state index contributed by atoms with van der Waals surface area (Å²) in [5.74, 6) is -0.0133. The third-order valence-electron chi connectivity index (χ3n) is 6.73. The van der Waals surface area contributed by atoms with E-state index in [1.807, 2.05) is 18.5 Å². The summed E-state index contributed by atoms with van der Waals surface area (Å²) in [6.07, 6.45) is 5.06. The highest BCUT2D eigenvalue weighted by atomic mass is 35.5. The van der Waals surface area contributed by atoms with Gasteiger partial charge in [0.15, 0.2) is 0 Å². The molecule has 198 valence electrons. The van der Waals surface area contributed by atoms with E-state index >= 15 is 4.39 Å². The molecule has 0 aliphatic heterocycles. The Kier molecular flexibility index (Phi) is 9.00. The largest absolute Gasteiger partial charge is 0.394 e. The monoisotopic (exact) mass is 535 g/mol. The van der Waals surface area contributed by atoms with Crippen molar-refractivity contribution in [3.05, 3.63) is 40.7 Å². The van der Waals surface area contributed by atoms with Crippen molar-refractivity contribution in [2.45, 2.75) is 78.4 Å². The molecule has 0 spiro atoms. The summed E-state index contributed by atoms with van der Waals surface area (Å²) in [7, 11) is -1.17. The van der Waals surface area contributed by atoms with Gasteiger partial charge in [0.25, 0.3) is 5.91 Å². The van der Waals surface area contributed by atoms with Crippen molar-refractivity contribution in [1.82, 2.24) is 14.8 Å². The summed E-state index contributed by atoms with van der Waals surface area (Å²) in [4.78, 5) is 16.8. The molecule has 0 aromatic carbocycles. The van der Waals surface area contributed by atoms with Gasteiger partial charge in [0.05, 0.1) is 11.4 Å². The first-order valence-electron chi connectivity index (χ1n) is 12.7. The van der Waals surface area contributed by atoms with Crippen LogP contribution in [0.4, 0.5) is 10.2 Å². The van der Waals surface area contributed by atoms with Crippen LogP contribution in [0.1, 0.15) is 44.0 Å². The Morgan fingerprint density at radius 3 is 2.39 bits per heavy atom. The van der Waals surface area contributed by atoms with Crippen LogP contribution >= 0.6 is 12.4 Å². The number of amides is 1. The van der Waals surface area contributed by atoms with Crippen molar-refractivity contribution >= 4 is 32.2 Å². The van der Waals surface area contributed by atoms with E-state index in [1.165, 1.54) is 0 Å². The molecule has 2 heterocycles. The van der Waals surface area contributed by atoms with Gasteiger partial charge in [-0.3, -0.25) is 4.79 Å². The highest BCUT2D eigenvalue weighted by molar-refractivity contribution is 6.76. The number of halogens is 2. The lowest BCUT2D eigenvalue weighted by atomic mass is 10.0. The Balaban J connectivity index is 0.00000361. The van der Waals surface area contributed by atoms with E-state index in [4.69, 9.17) is 10.5 Å². The first kappa shape index (κ1) is 28.3. The van der Waals surface area contributed by atoms with Crippen molar-refractivity contribution in [2.75, 3.05) is 11.9 Å². The van der Waals surface area contributed by atoms with E-state index in [2.05, 4.69) is 35.0 Å². The Morgan fingerprint density at radius 1 is 1.22 bits per heavy atom. The molecule has 2 aromatic heterocycles. The molecule has 1 amide bonds. The summed E-state index contributed by atoms with van der Waals surface area (Å²) >= 11 is 0. The number of hydrogen-bond donors (Lipinski definition) is 2. The third kappa shape index (κ3) is 6.75. The zero-order valence-corrected chi connectivity index (χ0v) is 23.8. The highest BCUT2D eigenvalue weighted by Gasteiger charge is 2.39. The van der Waals surface area contributed by atoms with Gasteiger partial charge in [0.2, 0.25) is 5.95 Å². The molecule has 0 saturated heterocycles. The van der Waals surface area contributed by atoms with E-state index in [-0.39, 0.29) is 23.9 Å². The first-order chi connectivity index (χ1) is 16.6. The average molecular weight is 536 g/mol. The number of aromatic nitrogens is 3. The zero-order valence-electron chi connectivity index (χ0n) is 22.0. The molecule has 2 aliphatic rings. The molecule has 10 heteroatoms. The number of pyridine rings is 1. The molecule has 3 N–H and O–H groups in total. The fourth-order valence-electron chi connectivity index (χ4n) is 4.54. The number of carbonyl (C=O) groups is 1. The molecule has 7 nitrogen and oxygen atoms in total. The lowest BCUT2D eigenvalue weighted by Gasteiger charge is -2.16. The fourth-order valence-corrected chi connectivity index (χ4v) is 5.30. The maximum Gasteiger partial charge on any atom is 0.272 e. The van der Waals surface area contributed by atoms with Gasteiger partial charge < -0.3 is 15.8 Å². The number of allylic oxidation sites excluding steroid dienone is 1. The number of nitrogens with zero attached hydrogens (tertiary/aromatic N) is 3. The molecule has 4 rings (SSSR count). The Morgan fingerprint density at radius 2 is 1.86 bits per heavy atom. The molecular weight excluding hydrogens is 497 g/mol. The van der Waals surface area contributed by atoms with E-state index in [0.717, 1.165) is 54.3 Å². The van der Waals surface area contributed by atoms with Gasteiger partial charge in [-0.05, 0) is 74.6 Å². The standard InChI is InChI=1S/C26H38FN5O2Si.ClH/c1-6-20-22(16(2)31-32(20)15-34-13-14-35(3,4)5)19-11-12-21(29-25(19)27)30-26(33)24(28)23(17-7-8-17)18-9-10-18;/h11-12,17-18H,6-10,13-15,28H2,1-5H3,(H,29,30,33);1H. The van der Waals surface area contributed by atoms with Crippen LogP contribution in [0.25, 0.3) is 11.1 Å². The fraction of sp³-hybridized carbons (Fsp3) is 0.577. The topological polar surface area (TPSA) is 95.1 Å². The van der Waals surface area contributed by atoms with Gasteiger partial charge >= 0.3 is 0 Å². The smallest absolute Gasteiger partial charge is 0.272 e. The molecule has 0 bridgehead atoms. The summed E-state index contributed by atoms with van der Waals surface area (Å²) in [5, 5.41) is 7.30. The lowest BCUT2D eigenvalue weighted by Crippen LogP contribution is -2.24. The minimum absolute atomic E-state index is 0. The van der Waals surface area contributed by atoms with Crippen molar-refractivity contribution in [2.24, 2.45) is 17.6 Å². The summed E-state index contributed by atoms with van der Waals surface area (Å²) in [5.41, 5.74) is 10.3. The number of anilines is 1. The second kappa shape index (κ2) is 11.4. The number of nitrogens with two attached hydrogens (primary N) is 1. The number of rotatable bonds is 11. The predicted molar refractivity (Wildman–Crippen MR) is 146 cm³/mol. The maximum atomic E-state index is 15.2. The van der Waals surface area contributed by atoms with E-state index < -0.39 is 19.9 Å². The van der Waals surface area contributed by atoms with Crippen molar-refractivity contribution < 1.29 is 13.9 Å². The van der Waals surface area contributed by atoms with Crippen LogP contribution in [-0.4, -0.2) is 35.4 Å². The van der Waals surface area contributed by atoms with E-state index in [9.17, 15) is 4.79 Å². The van der Waals surface area contributed by atoms with Gasteiger partial charge in [-0.15, -0.1) is 12.4 Å². The SMILES string of the molecule is CCc1c(-c2ccc(NC(=O)C(N)=C(C3CC3)C3CC3)nc2F)c(C)nn1COCC[Si](C)(C)C.Cl.